The number of nitrogens with zero attached hydrogens (tertiary/aromatic N) is 1. The number of carbonyl (C=O) groups is 3. The average Bonchev–Trinajstić information content (AvgIpc) is 3.08. The minimum Gasteiger partial charge on any atom is -0.480 e. The highest BCUT2D eigenvalue weighted by Crippen LogP contribution is 2.24. The van der Waals surface area contributed by atoms with Gasteiger partial charge in [0.1, 0.15) is 6.61 Å². The van der Waals surface area contributed by atoms with Crippen LogP contribution in [0.25, 0.3) is 0 Å². The predicted molar refractivity (Wildman–Crippen MR) is 98.6 cm³/mol. The molecule has 1 aromatic carbocycles. The third-order valence-corrected chi connectivity index (χ3v) is 4.39. The van der Waals surface area contributed by atoms with Crippen molar-refractivity contribution in [1.82, 2.24) is 4.98 Å². The maximum Gasteiger partial charge on any atom is 0.413 e. The molecular weight excluding hydrogens is 372 g/mol. The first-order valence-electron chi connectivity index (χ1n) is 8.27. The molecule has 2 unspecified atom stereocenters. The second-order valence-corrected chi connectivity index (χ2v) is 6.55. The topological polar surface area (TPSA) is 115 Å². The Morgan fingerprint density at radius 1 is 1.26 bits per heavy atom. The molecule has 0 aliphatic carbocycles. The monoisotopic (exact) mass is 392 g/mol. The van der Waals surface area contributed by atoms with Crippen LogP contribution in [0.15, 0.2) is 35.7 Å². The molecule has 2 rings (SSSR count). The van der Waals surface area contributed by atoms with Crippen LogP contribution in [0.5, 0.6) is 0 Å². The van der Waals surface area contributed by atoms with Gasteiger partial charge >= 0.3 is 18.0 Å². The number of esters is 1. The fourth-order valence-corrected chi connectivity index (χ4v) is 2.74. The Morgan fingerprint density at radius 2 is 1.96 bits per heavy atom. The third kappa shape index (κ3) is 6.07. The Labute approximate surface area is 160 Å². The molecule has 0 aliphatic rings. The summed E-state index contributed by atoms with van der Waals surface area (Å²) in [5.74, 6) is -3.81. The van der Waals surface area contributed by atoms with Gasteiger partial charge in [-0.15, -0.1) is 11.3 Å². The molecule has 0 aliphatic heterocycles. The first kappa shape index (κ1) is 20.4. The van der Waals surface area contributed by atoms with E-state index in [9.17, 15) is 19.5 Å². The van der Waals surface area contributed by atoms with Gasteiger partial charge in [-0.2, -0.15) is 0 Å². The first-order valence-corrected chi connectivity index (χ1v) is 9.15. The summed E-state index contributed by atoms with van der Waals surface area (Å²) in [5.41, 5.74) is 0.824. The Morgan fingerprint density at radius 3 is 2.59 bits per heavy atom. The van der Waals surface area contributed by atoms with Crippen LogP contribution in [0.2, 0.25) is 0 Å². The summed E-state index contributed by atoms with van der Waals surface area (Å²) in [4.78, 5) is 39.4. The van der Waals surface area contributed by atoms with Crippen LogP contribution in [-0.4, -0.2) is 34.2 Å². The minimum atomic E-state index is -1.55. The number of nitrogens with one attached hydrogen (secondary N) is 1. The van der Waals surface area contributed by atoms with Gasteiger partial charge in [0.15, 0.2) is 11.0 Å². The zero-order chi connectivity index (χ0) is 19.8. The smallest absolute Gasteiger partial charge is 0.413 e. The summed E-state index contributed by atoms with van der Waals surface area (Å²) in [6.45, 7) is 3.58. The quantitative estimate of drug-likeness (QED) is 0.522. The number of thiazole rings is 1. The maximum atomic E-state index is 12.1. The number of carbonyl (C=O) groups excluding carboxylic acids is 2. The lowest BCUT2D eigenvalue weighted by atomic mass is 10.1. The summed E-state index contributed by atoms with van der Waals surface area (Å²) in [6, 6.07) is 9.14. The van der Waals surface area contributed by atoms with Crippen molar-refractivity contribution >= 4 is 34.5 Å². The van der Waals surface area contributed by atoms with E-state index in [1.165, 1.54) is 5.38 Å². The van der Waals surface area contributed by atoms with E-state index in [2.05, 4.69) is 10.3 Å². The number of carboxylic acids is 1. The Bertz CT molecular complexity index is 792. The first-order chi connectivity index (χ1) is 12.9. The maximum absolute atomic E-state index is 12.1. The number of hydrogen-bond acceptors (Lipinski definition) is 7. The number of anilines is 1. The fourth-order valence-electron chi connectivity index (χ4n) is 2.02. The normalized spacial score (nSPS) is 12.7. The Kier molecular flexibility index (Phi) is 7.30. The summed E-state index contributed by atoms with van der Waals surface area (Å²) < 4.78 is 10.2. The molecule has 0 saturated carbocycles. The molecule has 0 radical (unpaired) electrons. The van der Waals surface area contributed by atoms with Gasteiger partial charge in [-0.1, -0.05) is 37.3 Å². The van der Waals surface area contributed by atoms with Crippen LogP contribution < -0.4 is 5.32 Å². The van der Waals surface area contributed by atoms with Crippen molar-refractivity contribution in [2.24, 2.45) is 0 Å². The zero-order valence-electron chi connectivity index (χ0n) is 14.9. The summed E-state index contributed by atoms with van der Waals surface area (Å²) in [7, 11) is 0. The lowest BCUT2D eigenvalue weighted by molar-refractivity contribution is -0.157. The lowest BCUT2D eigenvalue weighted by Gasteiger charge is -2.14. The average molecular weight is 392 g/mol. The van der Waals surface area contributed by atoms with Crippen molar-refractivity contribution in [1.29, 1.82) is 0 Å². The highest BCUT2D eigenvalue weighted by molar-refractivity contribution is 7.14. The van der Waals surface area contributed by atoms with E-state index in [4.69, 9.17) is 9.47 Å². The standard InChI is InChI=1S/C18H20N2O6S/c1-3-11(2)26-16(23)14(15(21)22)13-10-27-17(19-13)20-18(24)25-9-12-7-5-4-6-8-12/h4-8,10-11,14H,3,9H2,1-2H3,(H,21,22)(H,19,20,24). The van der Waals surface area contributed by atoms with Crippen molar-refractivity contribution in [2.45, 2.75) is 38.9 Å². The van der Waals surface area contributed by atoms with Crippen molar-refractivity contribution < 1.29 is 29.0 Å². The van der Waals surface area contributed by atoms with Crippen LogP contribution in [-0.2, 0) is 25.7 Å². The number of rotatable bonds is 8. The molecule has 1 amide bonds. The largest absolute Gasteiger partial charge is 0.480 e. The third-order valence-electron chi connectivity index (χ3n) is 3.61. The van der Waals surface area contributed by atoms with Gasteiger partial charge in [-0.05, 0) is 18.9 Å². The van der Waals surface area contributed by atoms with Gasteiger partial charge < -0.3 is 14.6 Å². The molecule has 2 N–H and O–H groups in total. The van der Waals surface area contributed by atoms with Crippen LogP contribution in [0.4, 0.5) is 9.93 Å². The summed E-state index contributed by atoms with van der Waals surface area (Å²) in [6.07, 6.45) is -0.563. The molecule has 2 atom stereocenters. The van der Waals surface area contributed by atoms with Crippen LogP contribution in [0.3, 0.4) is 0 Å². The SMILES string of the molecule is CCC(C)OC(=O)C(C(=O)O)c1csc(NC(=O)OCc2ccccc2)n1. The molecule has 1 aromatic heterocycles. The number of amides is 1. The molecule has 9 heteroatoms. The number of benzene rings is 1. The molecule has 0 saturated heterocycles. The van der Waals surface area contributed by atoms with Gasteiger partial charge in [-0.3, -0.25) is 14.9 Å². The molecule has 144 valence electrons. The highest BCUT2D eigenvalue weighted by Gasteiger charge is 2.33. The summed E-state index contributed by atoms with van der Waals surface area (Å²) >= 11 is 0.993. The molecule has 0 fully saturated rings. The summed E-state index contributed by atoms with van der Waals surface area (Å²) in [5, 5.41) is 13.3. The molecule has 0 bridgehead atoms. The van der Waals surface area contributed by atoms with E-state index >= 15 is 0 Å². The van der Waals surface area contributed by atoms with Gasteiger partial charge in [0.05, 0.1) is 11.8 Å². The number of hydrogen-bond donors (Lipinski definition) is 2. The second kappa shape index (κ2) is 9.67. The molecule has 1 heterocycles. The van der Waals surface area contributed by atoms with Crippen molar-refractivity contribution in [3.05, 3.63) is 47.0 Å². The van der Waals surface area contributed by atoms with Gasteiger partial charge in [0, 0.05) is 5.38 Å². The van der Waals surface area contributed by atoms with E-state index in [1.54, 1.807) is 6.92 Å². The predicted octanol–water partition coefficient (Wildman–Crippen LogP) is 3.40. The lowest BCUT2D eigenvalue weighted by Crippen LogP contribution is -2.27. The number of ether oxygens (including phenoxy) is 2. The molecular formula is C18H20N2O6S. The number of aromatic nitrogens is 1. The van der Waals surface area contributed by atoms with E-state index in [-0.39, 0.29) is 17.4 Å². The Balaban J connectivity index is 1.97. The fraction of sp³-hybridized carbons (Fsp3) is 0.333. The van der Waals surface area contributed by atoms with Crippen LogP contribution >= 0.6 is 11.3 Å². The second-order valence-electron chi connectivity index (χ2n) is 5.69. The van der Waals surface area contributed by atoms with E-state index in [0.29, 0.717) is 6.42 Å². The molecule has 8 nitrogen and oxygen atoms in total. The van der Waals surface area contributed by atoms with Crippen molar-refractivity contribution in [2.75, 3.05) is 5.32 Å². The minimum absolute atomic E-state index is 0.000776. The van der Waals surface area contributed by atoms with Crippen LogP contribution in [0.1, 0.15) is 37.4 Å². The number of aliphatic carboxylic acids is 1. The number of carboxylic acid groups (broad SMARTS) is 1. The Hall–Kier alpha value is -2.94. The van der Waals surface area contributed by atoms with Crippen molar-refractivity contribution in [3.8, 4) is 0 Å². The highest BCUT2D eigenvalue weighted by atomic mass is 32.1. The molecule has 27 heavy (non-hydrogen) atoms. The van der Waals surface area contributed by atoms with Gasteiger partial charge in [0.2, 0.25) is 0 Å². The zero-order valence-corrected chi connectivity index (χ0v) is 15.7. The van der Waals surface area contributed by atoms with Crippen LogP contribution in [0, 0.1) is 0 Å². The molecule has 2 aromatic rings. The van der Waals surface area contributed by atoms with Crippen molar-refractivity contribution in [3.63, 3.8) is 0 Å². The van der Waals surface area contributed by atoms with E-state index in [0.717, 1.165) is 16.9 Å². The van der Waals surface area contributed by atoms with Gasteiger partial charge in [-0.25, -0.2) is 9.78 Å². The van der Waals surface area contributed by atoms with Gasteiger partial charge in [0.25, 0.3) is 0 Å². The van der Waals surface area contributed by atoms with E-state index in [1.807, 2.05) is 37.3 Å². The molecule has 0 spiro atoms. The van der Waals surface area contributed by atoms with E-state index < -0.39 is 30.1 Å².